The van der Waals surface area contributed by atoms with Gasteiger partial charge in [0.25, 0.3) is 0 Å². The van der Waals surface area contributed by atoms with E-state index in [1.807, 2.05) is 33.0 Å². The fraction of sp³-hybridized carbons (Fsp3) is 0.625. The first-order valence-corrected chi connectivity index (χ1v) is 7.60. The molecule has 2 rings (SSSR count). The molecule has 1 saturated heterocycles. The van der Waals surface area contributed by atoms with Crippen LogP contribution in [0.15, 0.2) is 18.2 Å². The van der Waals surface area contributed by atoms with Crippen LogP contribution in [-0.4, -0.2) is 39.4 Å². The molecule has 0 spiro atoms. The van der Waals surface area contributed by atoms with Crippen LogP contribution in [0.25, 0.3) is 0 Å². The Morgan fingerprint density at radius 2 is 1.85 bits per heavy atom. The van der Waals surface area contributed by atoms with Crippen molar-refractivity contribution in [2.45, 2.75) is 32.7 Å². The number of nitrogens with one attached hydrogen (secondary N) is 1. The molecule has 0 unspecified atom stereocenters. The number of hydrogen-bond donors (Lipinski definition) is 1. The lowest BCUT2D eigenvalue weighted by atomic mass is 10.0. The lowest BCUT2D eigenvalue weighted by Gasteiger charge is -2.34. The number of piperidine rings is 1. The summed E-state index contributed by atoms with van der Waals surface area (Å²) in [5, 5.41) is 3.36. The SMILES string of the molecule is CCOc1ccc(OCC)c(N2CCC(NC)CC2)c1. The highest BCUT2D eigenvalue weighted by atomic mass is 16.5. The summed E-state index contributed by atoms with van der Waals surface area (Å²) in [6.45, 7) is 7.52. The summed E-state index contributed by atoms with van der Waals surface area (Å²) in [5.41, 5.74) is 1.16. The van der Waals surface area contributed by atoms with Gasteiger partial charge in [0.15, 0.2) is 0 Å². The van der Waals surface area contributed by atoms with E-state index >= 15 is 0 Å². The molecular formula is C16H26N2O2. The molecule has 1 aliphatic heterocycles. The fourth-order valence-electron chi connectivity index (χ4n) is 2.69. The molecule has 1 N–H and O–H groups in total. The molecule has 0 radical (unpaired) electrons. The quantitative estimate of drug-likeness (QED) is 0.867. The molecule has 0 saturated carbocycles. The third kappa shape index (κ3) is 3.57. The summed E-state index contributed by atoms with van der Waals surface area (Å²) < 4.78 is 11.4. The van der Waals surface area contributed by atoms with Gasteiger partial charge in [0.2, 0.25) is 0 Å². The van der Waals surface area contributed by atoms with Crippen molar-refractivity contribution in [2.75, 3.05) is 38.3 Å². The first-order valence-electron chi connectivity index (χ1n) is 7.60. The predicted octanol–water partition coefficient (Wildman–Crippen LogP) is 2.67. The second-order valence-corrected chi connectivity index (χ2v) is 5.05. The summed E-state index contributed by atoms with van der Waals surface area (Å²) >= 11 is 0. The van der Waals surface area contributed by atoms with Crippen LogP contribution < -0.4 is 19.7 Å². The van der Waals surface area contributed by atoms with Gasteiger partial charge < -0.3 is 19.7 Å². The Bertz CT molecular complexity index is 415. The second kappa shape index (κ2) is 7.39. The number of anilines is 1. The zero-order valence-electron chi connectivity index (χ0n) is 12.8. The molecule has 0 aliphatic carbocycles. The van der Waals surface area contributed by atoms with E-state index < -0.39 is 0 Å². The van der Waals surface area contributed by atoms with Crippen LogP contribution in [0.2, 0.25) is 0 Å². The van der Waals surface area contributed by atoms with Gasteiger partial charge in [-0.05, 0) is 45.9 Å². The first-order chi connectivity index (χ1) is 9.78. The highest BCUT2D eigenvalue weighted by molar-refractivity contribution is 5.62. The molecule has 1 heterocycles. The molecular weight excluding hydrogens is 252 g/mol. The Hall–Kier alpha value is -1.42. The maximum atomic E-state index is 5.76. The normalized spacial score (nSPS) is 16.2. The molecule has 0 amide bonds. The van der Waals surface area contributed by atoms with Crippen molar-refractivity contribution >= 4 is 5.69 Å². The van der Waals surface area contributed by atoms with Crippen molar-refractivity contribution in [3.8, 4) is 11.5 Å². The Morgan fingerprint density at radius 1 is 1.15 bits per heavy atom. The van der Waals surface area contributed by atoms with E-state index in [0.717, 1.165) is 30.3 Å². The van der Waals surface area contributed by atoms with Gasteiger partial charge in [-0.15, -0.1) is 0 Å². The van der Waals surface area contributed by atoms with E-state index in [0.29, 0.717) is 19.3 Å². The summed E-state index contributed by atoms with van der Waals surface area (Å²) in [6.07, 6.45) is 2.34. The molecule has 112 valence electrons. The number of nitrogens with zero attached hydrogens (tertiary/aromatic N) is 1. The fourth-order valence-corrected chi connectivity index (χ4v) is 2.69. The van der Waals surface area contributed by atoms with Gasteiger partial charge in [0.05, 0.1) is 18.9 Å². The minimum Gasteiger partial charge on any atom is -0.494 e. The molecule has 1 aromatic rings. The van der Waals surface area contributed by atoms with Crippen molar-refractivity contribution < 1.29 is 9.47 Å². The zero-order chi connectivity index (χ0) is 14.4. The molecule has 1 aromatic carbocycles. The molecule has 4 heteroatoms. The Labute approximate surface area is 122 Å². The van der Waals surface area contributed by atoms with Crippen LogP contribution in [0, 0.1) is 0 Å². The van der Waals surface area contributed by atoms with Crippen molar-refractivity contribution in [3.05, 3.63) is 18.2 Å². The van der Waals surface area contributed by atoms with Crippen LogP contribution in [0.1, 0.15) is 26.7 Å². The Balaban J connectivity index is 2.16. The van der Waals surface area contributed by atoms with Gasteiger partial charge in [0, 0.05) is 25.2 Å². The van der Waals surface area contributed by atoms with Gasteiger partial charge in [-0.2, -0.15) is 0 Å². The monoisotopic (exact) mass is 278 g/mol. The lowest BCUT2D eigenvalue weighted by Crippen LogP contribution is -2.41. The average molecular weight is 278 g/mol. The summed E-state index contributed by atoms with van der Waals surface area (Å²) in [5.74, 6) is 1.88. The maximum absolute atomic E-state index is 5.76. The van der Waals surface area contributed by atoms with E-state index in [1.165, 1.54) is 12.8 Å². The minimum atomic E-state index is 0.636. The van der Waals surface area contributed by atoms with E-state index in [-0.39, 0.29) is 0 Å². The highest BCUT2D eigenvalue weighted by Gasteiger charge is 2.21. The van der Waals surface area contributed by atoms with Gasteiger partial charge in [-0.25, -0.2) is 0 Å². The highest BCUT2D eigenvalue weighted by Crippen LogP contribution is 2.34. The lowest BCUT2D eigenvalue weighted by molar-refractivity contribution is 0.329. The number of hydrogen-bond acceptors (Lipinski definition) is 4. The van der Waals surface area contributed by atoms with Crippen LogP contribution in [0.3, 0.4) is 0 Å². The van der Waals surface area contributed by atoms with E-state index in [1.54, 1.807) is 0 Å². The molecule has 4 nitrogen and oxygen atoms in total. The minimum absolute atomic E-state index is 0.636. The van der Waals surface area contributed by atoms with Crippen LogP contribution >= 0.6 is 0 Å². The van der Waals surface area contributed by atoms with Crippen molar-refractivity contribution in [2.24, 2.45) is 0 Å². The summed E-state index contributed by atoms with van der Waals surface area (Å²) in [6, 6.07) is 6.75. The van der Waals surface area contributed by atoms with Gasteiger partial charge in [0.1, 0.15) is 11.5 Å². The van der Waals surface area contributed by atoms with E-state index in [2.05, 4.69) is 16.3 Å². The third-order valence-corrected chi connectivity index (χ3v) is 3.79. The van der Waals surface area contributed by atoms with E-state index in [9.17, 15) is 0 Å². The van der Waals surface area contributed by atoms with Crippen LogP contribution in [0.4, 0.5) is 5.69 Å². The molecule has 1 fully saturated rings. The molecule has 1 aliphatic rings. The predicted molar refractivity (Wildman–Crippen MR) is 83.1 cm³/mol. The van der Waals surface area contributed by atoms with Gasteiger partial charge >= 0.3 is 0 Å². The van der Waals surface area contributed by atoms with Crippen LogP contribution in [-0.2, 0) is 0 Å². The standard InChI is InChI=1S/C16H26N2O2/c1-4-19-14-6-7-16(20-5-2)15(12-14)18-10-8-13(17-3)9-11-18/h6-7,12-13,17H,4-5,8-11H2,1-3H3. The second-order valence-electron chi connectivity index (χ2n) is 5.05. The topological polar surface area (TPSA) is 33.7 Å². The number of rotatable bonds is 6. The Kier molecular flexibility index (Phi) is 5.53. The van der Waals surface area contributed by atoms with Crippen molar-refractivity contribution in [1.82, 2.24) is 5.32 Å². The van der Waals surface area contributed by atoms with Crippen molar-refractivity contribution in [1.29, 1.82) is 0 Å². The smallest absolute Gasteiger partial charge is 0.142 e. The van der Waals surface area contributed by atoms with Gasteiger partial charge in [-0.3, -0.25) is 0 Å². The van der Waals surface area contributed by atoms with Crippen molar-refractivity contribution in [3.63, 3.8) is 0 Å². The average Bonchev–Trinajstić information content (AvgIpc) is 2.49. The van der Waals surface area contributed by atoms with Crippen LogP contribution in [0.5, 0.6) is 11.5 Å². The molecule has 0 aromatic heterocycles. The molecule has 0 atom stereocenters. The van der Waals surface area contributed by atoms with E-state index in [4.69, 9.17) is 9.47 Å². The zero-order valence-corrected chi connectivity index (χ0v) is 12.8. The van der Waals surface area contributed by atoms with Gasteiger partial charge in [-0.1, -0.05) is 0 Å². The molecule has 20 heavy (non-hydrogen) atoms. The number of benzene rings is 1. The maximum Gasteiger partial charge on any atom is 0.142 e. The number of ether oxygens (including phenoxy) is 2. The third-order valence-electron chi connectivity index (χ3n) is 3.79. The Morgan fingerprint density at radius 3 is 2.45 bits per heavy atom. The summed E-state index contributed by atoms with van der Waals surface area (Å²) in [7, 11) is 2.04. The molecule has 0 bridgehead atoms. The largest absolute Gasteiger partial charge is 0.494 e. The summed E-state index contributed by atoms with van der Waals surface area (Å²) in [4.78, 5) is 2.40. The first kappa shape index (κ1) is 15.0.